The molecule has 0 aliphatic carbocycles. The van der Waals surface area contributed by atoms with Gasteiger partial charge < -0.3 is 5.11 Å². The van der Waals surface area contributed by atoms with Crippen molar-refractivity contribution in [3.8, 4) is 11.3 Å². The van der Waals surface area contributed by atoms with Crippen LogP contribution in [0.1, 0.15) is 10.4 Å². The van der Waals surface area contributed by atoms with E-state index in [-0.39, 0.29) is 10.6 Å². The van der Waals surface area contributed by atoms with Crippen molar-refractivity contribution in [1.82, 2.24) is 4.98 Å². The number of benzene rings is 2. The molecule has 3 nitrogen and oxygen atoms in total. The fraction of sp³-hybridized carbons (Fsp3) is 0. The summed E-state index contributed by atoms with van der Waals surface area (Å²) in [5.74, 6) is -1.57. The van der Waals surface area contributed by atoms with Crippen molar-refractivity contribution in [3.05, 3.63) is 63.9 Å². The van der Waals surface area contributed by atoms with E-state index in [0.717, 1.165) is 0 Å². The maximum Gasteiger partial charge on any atom is 0.336 e. The van der Waals surface area contributed by atoms with E-state index >= 15 is 0 Å². The number of carboxylic acid groups (broad SMARTS) is 1. The molecule has 0 radical (unpaired) electrons. The zero-order valence-electron chi connectivity index (χ0n) is 11.0. The minimum absolute atomic E-state index is 0.00802. The Morgan fingerprint density at radius 1 is 1.14 bits per heavy atom. The predicted octanol–water partition coefficient (Wildman–Crippen LogP) is 5.05. The highest BCUT2D eigenvalue weighted by Gasteiger charge is 2.16. The summed E-state index contributed by atoms with van der Waals surface area (Å²) in [7, 11) is 0. The second kappa shape index (κ2) is 5.55. The molecule has 0 aliphatic rings. The highest BCUT2D eigenvalue weighted by Crippen LogP contribution is 2.32. The van der Waals surface area contributed by atoms with Crippen LogP contribution in [0.5, 0.6) is 0 Å². The maximum atomic E-state index is 13.4. The molecule has 1 N–H and O–H groups in total. The average molecular weight is 336 g/mol. The molecule has 1 heterocycles. The molecule has 1 aromatic heterocycles. The lowest BCUT2D eigenvalue weighted by Gasteiger charge is -2.09. The van der Waals surface area contributed by atoms with Gasteiger partial charge in [-0.2, -0.15) is 0 Å². The zero-order valence-corrected chi connectivity index (χ0v) is 12.5. The summed E-state index contributed by atoms with van der Waals surface area (Å²) in [4.78, 5) is 15.8. The molecule has 0 spiro atoms. The van der Waals surface area contributed by atoms with Crippen molar-refractivity contribution in [2.45, 2.75) is 0 Å². The van der Waals surface area contributed by atoms with E-state index in [1.165, 1.54) is 36.4 Å². The van der Waals surface area contributed by atoms with E-state index in [9.17, 15) is 14.3 Å². The fourth-order valence-corrected chi connectivity index (χ4v) is 2.76. The summed E-state index contributed by atoms with van der Waals surface area (Å²) in [5.41, 5.74) is 1.11. The molecule has 0 amide bonds. The van der Waals surface area contributed by atoms with Gasteiger partial charge in [-0.15, -0.1) is 0 Å². The van der Waals surface area contributed by atoms with Crippen LogP contribution in [0, 0.1) is 5.82 Å². The van der Waals surface area contributed by atoms with E-state index in [1.54, 1.807) is 6.07 Å². The molecular formula is C16H8Cl2FNO2. The molecule has 0 saturated carbocycles. The molecule has 110 valence electrons. The van der Waals surface area contributed by atoms with Crippen molar-refractivity contribution in [1.29, 1.82) is 0 Å². The van der Waals surface area contributed by atoms with E-state index in [2.05, 4.69) is 4.98 Å². The van der Waals surface area contributed by atoms with Gasteiger partial charge in [-0.3, -0.25) is 0 Å². The van der Waals surface area contributed by atoms with Gasteiger partial charge in [0.2, 0.25) is 0 Å². The van der Waals surface area contributed by atoms with Crippen molar-refractivity contribution in [2.75, 3.05) is 0 Å². The van der Waals surface area contributed by atoms with Crippen LogP contribution in [-0.4, -0.2) is 16.1 Å². The van der Waals surface area contributed by atoms with Crippen molar-refractivity contribution < 1.29 is 14.3 Å². The van der Waals surface area contributed by atoms with Gasteiger partial charge in [-0.1, -0.05) is 35.3 Å². The second-order valence-electron chi connectivity index (χ2n) is 4.65. The Morgan fingerprint density at radius 3 is 2.59 bits per heavy atom. The molecule has 22 heavy (non-hydrogen) atoms. The van der Waals surface area contributed by atoms with E-state index in [4.69, 9.17) is 23.2 Å². The second-order valence-corrected chi connectivity index (χ2v) is 5.50. The highest BCUT2D eigenvalue weighted by molar-refractivity contribution is 6.38. The first kappa shape index (κ1) is 14.8. The lowest BCUT2D eigenvalue weighted by atomic mass is 10.0. The molecule has 0 fully saturated rings. The quantitative estimate of drug-likeness (QED) is 0.713. The third-order valence-corrected chi connectivity index (χ3v) is 3.69. The van der Waals surface area contributed by atoms with Gasteiger partial charge >= 0.3 is 5.97 Å². The molecule has 3 rings (SSSR count). The number of halogens is 3. The number of carboxylic acids is 1. The summed E-state index contributed by atoms with van der Waals surface area (Å²) in [6.07, 6.45) is 0. The van der Waals surface area contributed by atoms with Crippen LogP contribution in [0.2, 0.25) is 10.0 Å². The van der Waals surface area contributed by atoms with Gasteiger partial charge in [0.05, 0.1) is 21.8 Å². The number of hydrogen-bond donors (Lipinski definition) is 1. The Kier molecular flexibility index (Phi) is 3.72. The van der Waals surface area contributed by atoms with E-state index in [1.807, 2.05) is 0 Å². The van der Waals surface area contributed by atoms with Gasteiger partial charge in [-0.05, 0) is 30.3 Å². The SMILES string of the molecule is O=C(O)c1cc(-c2cccc(F)c2)nc2c(Cl)cc(Cl)cc12. The van der Waals surface area contributed by atoms with Gasteiger partial charge in [0.1, 0.15) is 5.82 Å². The number of pyridine rings is 1. The monoisotopic (exact) mass is 335 g/mol. The van der Waals surface area contributed by atoms with Crippen LogP contribution >= 0.6 is 23.2 Å². The van der Waals surface area contributed by atoms with Gasteiger partial charge in [-0.25, -0.2) is 14.2 Å². The summed E-state index contributed by atoms with van der Waals surface area (Å²) in [6, 6.07) is 10.1. The van der Waals surface area contributed by atoms with Crippen LogP contribution in [-0.2, 0) is 0 Å². The molecule has 0 unspecified atom stereocenters. The number of nitrogens with zero attached hydrogens (tertiary/aromatic N) is 1. The van der Waals surface area contributed by atoms with Crippen LogP contribution in [0.3, 0.4) is 0 Å². The lowest BCUT2D eigenvalue weighted by molar-refractivity contribution is 0.0699. The molecule has 3 aromatic rings. The molecule has 0 bridgehead atoms. The number of aromatic nitrogens is 1. The molecule has 2 aromatic carbocycles. The third-order valence-electron chi connectivity index (χ3n) is 3.18. The Balaban J connectivity index is 2.37. The summed E-state index contributed by atoms with van der Waals surface area (Å²) in [5, 5.41) is 10.3. The van der Waals surface area contributed by atoms with E-state index in [0.29, 0.717) is 27.2 Å². The zero-order chi connectivity index (χ0) is 15.9. The Morgan fingerprint density at radius 2 is 1.91 bits per heavy atom. The Bertz CT molecular complexity index is 912. The van der Waals surface area contributed by atoms with Crippen LogP contribution in [0.15, 0.2) is 42.5 Å². The number of hydrogen-bond acceptors (Lipinski definition) is 2. The topological polar surface area (TPSA) is 50.2 Å². The highest BCUT2D eigenvalue weighted by atomic mass is 35.5. The molecule has 6 heteroatoms. The van der Waals surface area contributed by atoms with Gasteiger partial charge in [0.25, 0.3) is 0 Å². The van der Waals surface area contributed by atoms with Crippen LogP contribution in [0.4, 0.5) is 4.39 Å². The fourth-order valence-electron chi connectivity index (χ4n) is 2.22. The predicted molar refractivity (Wildman–Crippen MR) is 84.1 cm³/mol. The van der Waals surface area contributed by atoms with Gasteiger partial charge in [0, 0.05) is 16.0 Å². The maximum absolute atomic E-state index is 13.4. The first-order valence-corrected chi connectivity index (χ1v) is 7.00. The van der Waals surface area contributed by atoms with E-state index < -0.39 is 11.8 Å². The molecule has 0 atom stereocenters. The standard InChI is InChI=1S/C16H8Cl2FNO2/c17-9-5-11-12(16(21)22)7-14(20-15(11)13(18)6-9)8-2-1-3-10(19)4-8/h1-7H,(H,21,22). The number of carbonyl (C=O) groups is 1. The molecule has 0 aliphatic heterocycles. The summed E-state index contributed by atoms with van der Waals surface area (Å²) < 4.78 is 13.4. The van der Waals surface area contributed by atoms with Crippen molar-refractivity contribution in [3.63, 3.8) is 0 Å². The largest absolute Gasteiger partial charge is 0.478 e. The average Bonchev–Trinajstić information content (AvgIpc) is 2.46. The first-order chi connectivity index (χ1) is 10.5. The first-order valence-electron chi connectivity index (χ1n) is 6.25. The summed E-state index contributed by atoms with van der Waals surface area (Å²) >= 11 is 12.0. The van der Waals surface area contributed by atoms with Crippen LogP contribution < -0.4 is 0 Å². The number of rotatable bonds is 2. The number of fused-ring (bicyclic) bond motifs is 1. The molecular weight excluding hydrogens is 328 g/mol. The minimum atomic E-state index is -1.14. The normalized spacial score (nSPS) is 10.9. The Labute approximate surface area is 134 Å². The van der Waals surface area contributed by atoms with Crippen molar-refractivity contribution >= 4 is 40.1 Å². The molecule has 0 saturated heterocycles. The summed E-state index contributed by atoms with van der Waals surface area (Å²) in [6.45, 7) is 0. The smallest absolute Gasteiger partial charge is 0.336 e. The number of aromatic carboxylic acids is 1. The Hall–Kier alpha value is -2.17. The lowest BCUT2D eigenvalue weighted by Crippen LogP contribution is -2.01. The van der Waals surface area contributed by atoms with Gasteiger partial charge in [0.15, 0.2) is 0 Å². The van der Waals surface area contributed by atoms with Crippen LogP contribution in [0.25, 0.3) is 22.2 Å². The third kappa shape index (κ3) is 2.63. The van der Waals surface area contributed by atoms with Crippen molar-refractivity contribution in [2.24, 2.45) is 0 Å². The minimum Gasteiger partial charge on any atom is -0.478 e.